The lowest BCUT2D eigenvalue weighted by molar-refractivity contribution is -0.114. The molecule has 0 fully saturated rings. The van der Waals surface area contributed by atoms with Gasteiger partial charge in [-0.05, 0) is 31.0 Å². The third-order valence-electron chi connectivity index (χ3n) is 1.60. The molecular formula is C10H12NO. The Morgan fingerprint density at radius 1 is 1.50 bits per heavy atom. The van der Waals surface area contributed by atoms with E-state index in [0.29, 0.717) is 0 Å². The molecule has 0 atom stereocenters. The summed E-state index contributed by atoms with van der Waals surface area (Å²) in [5.41, 5.74) is 2.86. The number of carbonyl (C=O) groups excluding carboxylic acids is 1. The fraction of sp³-hybridized carbons (Fsp3) is 0.200. The molecule has 0 saturated heterocycles. The number of hydrogen-bond donors (Lipinski definition) is 1. The molecule has 1 aromatic carbocycles. The van der Waals surface area contributed by atoms with Gasteiger partial charge in [0, 0.05) is 12.6 Å². The first-order valence-electron chi connectivity index (χ1n) is 3.80. The van der Waals surface area contributed by atoms with E-state index in [1.807, 2.05) is 25.1 Å². The maximum absolute atomic E-state index is 10.7. The van der Waals surface area contributed by atoms with Crippen LogP contribution in [0.4, 0.5) is 5.69 Å². The van der Waals surface area contributed by atoms with E-state index in [0.717, 1.165) is 16.8 Å². The minimum Gasteiger partial charge on any atom is -0.326 e. The molecule has 0 spiro atoms. The van der Waals surface area contributed by atoms with E-state index >= 15 is 0 Å². The molecule has 63 valence electrons. The van der Waals surface area contributed by atoms with Gasteiger partial charge >= 0.3 is 0 Å². The summed E-state index contributed by atoms with van der Waals surface area (Å²) >= 11 is 0. The summed E-state index contributed by atoms with van der Waals surface area (Å²) in [5, 5.41) is 2.73. The summed E-state index contributed by atoms with van der Waals surface area (Å²) in [5.74, 6) is -0.0464. The number of rotatable bonds is 1. The molecule has 0 unspecified atom stereocenters. The highest BCUT2D eigenvalue weighted by Crippen LogP contribution is 2.15. The van der Waals surface area contributed by atoms with Gasteiger partial charge in [-0.3, -0.25) is 4.79 Å². The number of carbonyl (C=O) groups is 1. The molecule has 1 aromatic rings. The molecule has 0 aromatic heterocycles. The highest BCUT2D eigenvalue weighted by atomic mass is 16.1. The standard InChI is InChI=1S/C10H12NO/c1-7-4-5-10(8(2)6-7)11-9(3)12/h4-6H,1H2,2-3H3,(H,11,12). The van der Waals surface area contributed by atoms with Crippen molar-refractivity contribution in [3.63, 3.8) is 0 Å². The second-order valence-electron chi connectivity index (χ2n) is 2.83. The summed E-state index contributed by atoms with van der Waals surface area (Å²) in [6.45, 7) is 7.23. The van der Waals surface area contributed by atoms with E-state index in [-0.39, 0.29) is 5.91 Å². The Morgan fingerprint density at radius 2 is 2.17 bits per heavy atom. The minimum absolute atomic E-state index is 0.0464. The normalized spacial score (nSPS) is 9.58. The van der Waals surface area contributed by atoms with Crippen LogP contribution in [0.1, 0.15) is 18.1 Å². The van der Waals surface area contributed by atoms with Crippen LogP contribution >= 0.6 is 0 Å². The summed E-state index contributed by atoms with van der Waals surface area (Å²) in [7, 11) is 0. The maximum Gasteiger partial charge on any atom is 0.221 e. The quantitative estimate of drug-likeness (QED) is 0.673. The van der Waals surface area contributed by atoms with Crippen LogP contribution in [-0.2, 0) is 4.79 Å². The van der Waals surface area contributed by atoms with Gasteiger partial charge in [0.25, 0.3) is 0 Å². The van der Waals surface area contributed by atoms with E-state index in [4.69, 9.17) is 0 Å². The zero-order valence-corrected chi connectivity index (χ0v) is 7.35. The first-order chi connectivity index (χ1) is 5.59. The Hall–Kier alpha value is -1.31. The molecule has 0 aliphatic carbocycles. The largest absolute Gasteiger partial charge is 0.326 e. The van der Waals surface area contributed by atoms with Crippen LogP contribution in [0.5, 0.6) is 0 Å². The Balaban J connectivity index is 2.93. The maximum atomic E-state index is 10.7. The SMILES string of the molecule is [CH2]c1ccc(NC(C)=O)c(C)c1. The number of aryl methyl sites for hydroxylation is 1. The van der Waals surface area contributed by atoms with Crippen LogP contribution < -0.4 is 5.32 Å². The highest BCUT2D eigenvalue weighted by Gasteiger charge is 1.98. The van der Waals surface area contributed by atoms with Crippen LogP contribution in [0, 0.1) is 13.8 Å². The van der Waals surface area contributed by atoms with E-state index in [9.17, 15) is 4.79 Å². The summed E-state index contributed by atoms with van der Waals surface area (Å²) < 4.78 is 0. The first kappa shape index (κ1) is 8.78. The Bertz CT molecular complexity index is 305. The summed E-state index contributed by atoms with van der Waals surface area (Å²) in [6.07, 6.45) is 0. The van der Waals surface area contributed by atoms with Crippen molar-refractivity contribution in [2.45, 2.75) is 13.8 Å². The van der Waals surface area contributed by atoms with Gasteiger partial charge in [0.05, 0.1) is 0 Å². The van der Waals surface area contributed by atoms with Crippen LogP contribution in [0.25, 0.3) is 0 Å². The van der Waals surface area contributed by atoms with Gasteiger partial charge in [-0.25, -0.2) is 0 Å². The van der Waals surface area contributed by atoms with Crippen molar-refractivity contribution in [3.8, 4) is 0 Å². The Morgan fingerprint density at radius 3 is 2.67 bits per heavy atom. The minimum atomic E-state index is -0.0464. The molecule has 0 bridgehead atoms. The average Bonchev–Trinajstić information content (AvgIpc) is 1.94. The molecule has 0 heterocycles. The number of nitrogens with one attached hydrogen (secondary N) is 1. The molecule has 0 aliphatic heterocycles. The van der Waals surface area contributed by atoms with Crippen molar-refractivity contribution < 1.29 is 4.79 Å². The smallest absolute Gasteiger partial charge is 0.221 e. The van der Waals surface area contributed by atoms with Gasteiger partial charge in [-0.2, -0.15) is 0 Å². The summed E-state index contributed by atoms with van der Waals surface area (Å²) in [4.78, 5) is 10.7. The van der Waals surface area contributed by atoms with Crippen molar-refractivity contribution in [1.82, 2.24) is 0 Å². The van der Waals surface area contributed by atoms with Crippen LogP contribution in [-0.4, -0.2) is 5.91 Å². The number of hydrogen-bond acceptors (Lipinski definition) is 1. The predicted molar refractivity (Wildman–Crippen MR) is 49.9 cm³/mol. The van der Waals surface area contributed by atoms with Crippen LogP contribution in [0.2, 0.25) is 0 Å². The lowest BCUT2D eigenvalue weighted by atomic mass is 10.1. The summed E-state index contributed by atoms with van der Waals surface area (Å²) in [6, 6.07) is 5.67. The van der Waals surface area contributed by atoms with Crippen LogP contribution in [0.3, 0.4) is 0 Å². The zero-order valence-electron chi connectivity index (χ0n) is 7.35. The molecule has 2 heteroatoms. The molecule has 12 heavy (non-hydrogen) atoms. The third kappa shape index (κ3) is 2.09. The van der Waals surface area contributed by atoms with E-state index in [2.05, 4.69) is 12.2 Å². The molecule has 0 aliphatic rings. The predicted octanol–water partition coefficient (Wildman–Crippen LogP) is 2.14. The number of benzene rings is 1. The van der Waals surface area contributed by atoms with E-state index in [1.54, 1.807) is 0 Å². The fourth-order valence-electron chi connectivity index (χ4n) is 1.06. The second-order valence-corrected chi connectivity index (χ2v) is 2.83. The van der Waals surface area contributed by atoms with Crippen molar-refractivity contribution >= 4 is 11.6 Å². The molecule has 1 amide bonds. The van der Waals surface area contributed by atoms with Gasteiger partial charge in [0.1, 0.15) is 0 Å². The number of anilines is 1. The molecular weight excluding hydrogens is 150 g/mol. The molecule has 2 nitrogen and oxygen atoms in total. The first-order valence-corrected chi connectivity index (χ1v) is 3.80. The lowest BCUT2D eigenvalue weighted by Gasteiger charge is -2.06. The fourth-order valence-corrected chi connectivity index (χ4v) is 1.06. The van der Waals surface area contributed by atoms with Crippen molar-refractivity contribution in [1.29, 1.82) is 0 Å². The highest BCUT2D eigenvalue weighted by molar-refractivity contribution is 5.89. The molecule has 1 radical (unpaired) electrons. The van der Waals surface area contributed by atoms with Crippen molar-refractivity contribution in [3.05, 3.63) is 36.2 Å². The van der Waals surface area contributed by atoms with Gasteiger partial charge in [-0.1, -0.05) is 12.1 Å². The zero-order chi connectivity index (χ0) is 9.14. The average molecular weight is 162 g/mol. The molecule has 0 saturated carbocycles. The Labute approximate surface area is 72.6 Å². The van der Waals surface area contributed by atoms with E-state index in [1.165, 1.54) is 6.92 Å². The molecule has 1 N–H and O–H groups in total. The van der Waals surface area contributed by atoms with Crippen molar-refractivity contribution in [2.75, 3.05) is 5.32 Å². The molecule has 1 rings (SSSR count). The monoisotopic (exact) mass is 162 g/mol. The van der Waals surface area contributed by atoms with E-state index < -0.39 is 0 Å². The topological polar surface area (TPSA) is 29.1 Å². The Kier molecular flexibility index (Phi) is 2.48. The van der Waals surface area contributed by atoms with Crippen LogP contribution in [0.15, 0.2) is 18.2 Å². The van der Waals surface area contributed by atoms with Gasteiger partial charge < -0.3 is 5.32 Å². The number of amides is 1. The second kappa shape index (κ2) is 3.39. The lowest BCUT2D eigenvalue weighted by Crippen LogP contribution is -2.06. The van der Waals surface area contributed by atoms with Gasteiger partial charge in [0.2, 0.25) is 5.91 Å². The third-order valence-corrected chi connectivity index (χ3v) is 1.60. The van der Waals surface area contributed by atoms with Gasteiger partial charge in [-0.15, -0.1) is 0 Å². The van der Waals surface area contributed by atoms with Gasteiger partial charge in [0.15, 0.2) is 0 Å². The van der Waals surface area contributed by atoms with Crippen molar-refractivity contribution in [2.24, 2.45) is 0 Å².